The number of imidazole rings is 1. The molecule has 2 atom stereocenters. The summed E-state index contributed by atoms with van der Waals surface area (Å²) in [6, 6.07) is 13.2. The molecule has 0 aliphatic carbocycles. The van der Waals surface area contributed by atoms with E-state index in [9.17, 15) is 18.4 Å². The Hall–Kier alpha value is -3.37. The standard InChI is InChI=1S/C25H29F2N5O3/c1-15(2)11-31-13-18(25(34)30-35)20(14-31)29-24(33)17-9-7-16(8-10-17)12-32-21-6-4-3-5-19(21)28-23(32)22(26)27/h3-10,15,18,20,22,35H,11-14H2,1-2H3,(H,29,33)(H,30,34)/t18-,20+/m0/s1. The number of fused-ring (bicyclic) bond motifs is 1. The van der Waals surface area contributed by atoms with Crippen LogP contribution in [0.2, 0.25) is 0 Å². The molecule has 1 saturated heterocycles. The van der Waals surface area contributed by atoms with E-state index < -0.39 is 24.3 Å². The molecule has 1 aliphatic rings. The highest BCUT2D eigenvalue weighted by atomic mass is 19.3. The predicted molar refractivity (Wildman–Crippen MR) is 126 cm³/mol. The van der Waals surface area contributed by atoms with Crippen LogP contribution >= 0.6 is 0 Å². The number of hydroxylamine groups is 1. The van der Waals surface area contributed by atoms with Crippen molar-refractivity contribution in [3.05, 3.63) is 65.5 Å². The summed E-state index contributed by atoms with van der Waals surface area (Å²) in [5, 5.41) is 12.0. The van der Waals surface area contributed by atoms with E-state index in [-0.39, 0.29) is 18.3 Å². The van der Waals surface area contributed by atoms with Crippen LogP contribution in [-0.4, -0.2) is 57.1 Å². The summed E-state index contributed by atoms with van der Waals surface area (Å²) in [6.45, 7) is 6.06. The molecule has 4 rings (SSSR count). The van der Waals surface area contributed by atoms with Crippen molar-refractivity contribution in [3.63, 3.8) is 0 Å². The molecule has 1 aliphatic heterocycles. The van der Waals surface area contributed by atoms with Gasteiger partial charge in [-0.15, -0.1) is 0 Å². The number of aromatic nitrogens is 2. The van der Waals surface area contributed by atoms with Gasteiger partial charge in [0.1, 0.15) is 0 Å². The maximum absolute atomic E-state index is 13.6. The number of nitrogens with one attached hydrogen (secondary N) is 2. The first-order valence-corrected chi connectivity index (χ1v) is 11.6. The van der Waals surface area contributed by atoms with Gasteiger partial charge in [-0.3, -0.25) is 14.8 Å². The van der Waals surface area contributed by atoms with E-state index in [4.69, 9.17) is 5.21 Å². The smallest absolute Gasteiger partial charge is 0.295 e. The lowest BCUT2D eigenvalue weighted by Crippen LogP contribution is -2.45. The first-order valence-electron chi connectivity index (χ1n) is 11.6. The molecule has 3 aromatic rings. The predicted octanol–water partition coefficient (Wildman–Crippen LogP) is 3.21. The highest BCUT2D eigenvalue weighted by molar-refractivity contribution is 5.95. The van der Waals surface area contributed by atoms with E-state index in [1.54, 1.807) is 54.0 Å². The number of hydrogen-bond donors (Lipinski definition) is 3. The third kappa shape index (κ3) is 5.49. The number of alkyl halides is 2. The van der Waals surface area contributed by atoms with Crippen LogP contribution in [0.5, 0.6) is 0 Å². The minimum Gasteiger partial charge on any atom is -0.347 e. The second kappa shape index (κ2) is 10.5. The lowest BCUT2D eigenvalue weighted by molar-refractivity contribution is -0.133. The molecule has 8 nitrogen and oxygen atoms in total. The molecule has 1 aromatic heterocycles. The zero-order valence-corrected chi connectivity index (χ0v) is 19.6. The Labute approximate surface area is 201 Å². The Morgan fingerprint density at radius 2 is 1.83 bits per heavy atom. The van der Waals surface area contributed by atoms with Crippen LogP contribution in [0, 0.1) is 11.8 Å². The maximum atomic E-state index is 13.6. The SMILES string of the molecule is CC(C)CN1C[C@H](C(=O)NO)[C@H](NC(=O)c2ccc(Cn3c(C(F)F)nc4ccccc43)cc2)C1. The second-order valence-electron chi connectivity index (χ2n) is 9.32. The van der Waals surface area contributed by atoms with Crippen LogP contribution in [0.1, 0.15) is 42.0 Å². The number of nitrogens with zero attached hydrogens (tertiary/aromatic N) is 3. The molecule has 0 bridgehead atoms. The number of halogens is 2. The van der Waals surface area contributed by atoms with Gasteiger partial charge in [0.2, 0.25) is 5.91 Å². The Morgan fingerprint density at radius 1 is 1.11 bits per heavy atom. The van der Waals surface area contributed by atoms with Gasteiger partial charge in [-0.25, -0.2) is 19.2 Å². The minimum atomic E-state index is -2.71. The Morgan fingerprint density at radius 3 is 2.49 bits per heavy atom. The summed E-state index contributed by atoms with van der Waals surface area (Å²) < 4.78 is 28.6. The molecule has 2 amide bonds. The Bertz CT molecular complexity index is 1200. The lowest BCUT2D eigenvalue weighted by Gasteiger charge is -2.19. The van der Waals surface area contributed by atoms with E-state index in [1.807, 2.05) is 0 Å². The van der Waals surface area contributed by atoms with Gasteiger partial charge in [0, 0.05) is 31.7 Å². The fraction of sp³-hybridized carbons (Fsp3) is 0.400. The molecule has 186 valence electrons. The molecule has 0 unspecified atom stereocenters. The molecule has 0 saturated carbocycles. The number of carbonyl (C=O) groups is 2. The number of amides is 2. The maximum Gasteiger partial charge on any atom is 0.295 e. The minimum absolute atomic E-state index is 0.188. The zero-order chi connectivity index (χ0) is 25.1. The second-order valence-corrected chi connectivity index (χ2v) is 9.32. The van der Waals surface area contributed by atoms with Gasteiger partial charge in [0.15, 0.2) is 5.82 Å². The number of likely N-dealkylation sites (tertiary alicyclic amines) is 1. The molecule has 3 N–H and O–H groups in total. The largest absolute Gasteiger partial charge is 0.347 e. The third-order valence-electron chi connectivity index (χ3n) is 6.22. The van der Waals surface area contributed by atoms with Crippen molar-refractivity contribution in [3.8, 4) is 0 Å². The summed E-state index contributed by atoms with van der Waals surface area (Å²) in [6.07, 6.45) is -2.71. The molecule has 35 heavy (non-hydrogen) atoms. The van der Waals surface area contributed by atoms with Crippen LogP contribution < -0.4 is 10.8 Å². The van der Waals surface area contributed by atoms with E-state index >= 15 is 0 Å². The average Bonchev–Trinajstić information content (AvgIpc) is 3.40. The molecule has 1 fully saturated rings. The molecule has 2 heterocycles. The van der Waals surface area contributed by atoms with E-state index in [2.05, 4.69) is 29.0 Å². The van der Waals surface area contributed by atoms with Crippen molar-refractivity contribution in [1.82, 2.24) is 25.2 Å². The normalized spacial score (nSPS) is 18.5. The van der Waals surface area contributed by atoms with Crippen molar-refractivity contribution >= 4 is 22.8 Å². The molecule has 0 spiro atoms. The van der Waals surface area contributed by atoms with Crippen LogP contribution in [0.3, 0.4) is 0 Å². The summed E-state index contributed by atoms with van der Waals surface area (Å²) >= 11 is 0. The van der Waals surface area contributed by atoms with Crippen LogP contribution in [0.4, 0.5) is 8.78 Å². The van der Waals surface area contributed by atoms with Crippen molar-refractivity contribution < 1.29 is 23.6 Å². The van der Waals surface area contributed by atoms with E-state index in [0.717, 1.165) is 12.1 Å². The number of para-hydroxylation sites is 2. The fourth-order valence-corrected chi connectivity index (χ4v) is 4.67. The number of carbonyl (C=O) groups excluding carboxylic acids is 2. The molecular formula is C25H29F2N5O3. The summed E-state index contributed by atoms with van der Waals surface area (Å²) in [7, 11) is 0. The van der Waals surface area contributed by atoms with Gasteiger partial charge in [-0.1, -0.05) is 38.1 Å². The summed E-state index contributed by atoms with van der Waals surface area (Å²) in [5.74, 6) is -1.34. The lowest BCUT2D eigenvalue weighted by atomic mass is 10.0. The zero-order valence-electron chi connectivity index (χ0n) is 19.6. The molecule has 2 aromatic carbocycles. The fourth-order valence-electron chi connectivity index (χ4n) is 4.67. The first kappa shape index (κ1) is 24.7. The van der Waals surface area contributed by atoms with Gasteiger partial charge in [-0.2, -0.15) is 0 Å². The topological polar surface area (TPSA) is 99.5 Å². The Kier molecular flexibility index (Phi) is 7.42. The van der Waals surface area contributed by atoms with Gasteiger partial charge >= 0.3 is 0 Å². The molecule has 0 radical (unpaired) electrons. The van der Waals surface area contributed by atoms with Gasteiger partial charge in [0.25, 0.3) is 12.3 Å². The van der Waals surface area contributed by atoms with Crippen LogP contribution in [-0.2, 0) is 11.3 Å². The van der Waals surface area contributed by atoms with Crippen molar-refractivity contribution in [2.75, 3.05) is 19.6 Å². The third-order valence-corrected chi connectivity index (χ3v) is 6.22. The van der Waals surface area contributed by atoms with Gasteiger partial charge in [0.05, 0.1) is 23.0 Å². The van der Waals surface area contributed by atoms with Crippen LogP contribution in [0.15, 0.2) is 48.5 Å². The number of rotatable bonds is 8. The van der Waals surface area contributed by atoms with Crippen LogP contribution in [0.25, 0.3) is 11.0 Å². The Balaban J connectivity index is 1.47. The molecule has 10 heteroatoms. The number of benzene rings is 2. The molecular weight excluding hydrogens is 456 g/mol. The van der Waals surface area contributed by atoms with Crippen molar-refractivity contribution in [2.45, 2.75) is 32.9 Å². The highest BCUT2D eigenvalue weighted by Crippen LogP contribution is 2.25. The summed E-state index contributed by atoms with van der Waals surface area (Å²) in [4.78, 5) is 31.2. The average molecular weight is 486 g/mol. The first-order chi connectivity index (χ1) is 16.8. The van der Waals surface area contributed by atoms with E-state index in [1.165, 1.54) is 4.57 Å². The monoisotopic (exact) mass is 485 g/mol. The summed E-state index contributed by atoms with van der Waals surface area (Å²) in [5.41, 5.74) is 3.95. The van der Waals surface area contributed by atoms with Gasteiger partial charge < -0.3 is 14.8 Å². The quantitative estimate of drug-likeness (QED) is 0.336. The van der Waals surface area contributed by atoms with Crippen molar-refractivity contribution in [1.29, 1.82) is 0 Å². The van der Waals surface area contributed by atoms with Crippen molar-refractivity contribution in [2.24, 2.45) is 11.8 Å². The highest BCUT2D eigenvalue weighted by Gasteiger charge is 2.38. The number of hydrogen-bond acceptors (Lipinski definition) is 5. The van der Waals surface area contributed by atoms with Gasteiger partial charge in [-0.05, 0) is 35.7 Å². The van der Waals surface area contributed by atoms with E-state index in [0.29, 0.717) is 35.6 Å².